The summed E-state index contributed by atoms with van der Waals surface area (Å²) in [7, 11) is 0. The van der Waals surface area contributed by atoms with Crippen molar-refractivity contribution < 1.29 is 53.4 Å². The fraction of sp³-hybridized carbons (Fsp3) is 0.579. The van der Waals surface area contributed by atoms with E-state index in [0.29, 0.717) is 24.8 Å². The first-order valence-electron chi connectivity index (χ1n) is 20.3. The number of hydrogen-bond donors (Lipinski definition) is 14. The third kappa shape index (κ3) is 18.4. The quantitative estimate of drug-likeness (QED) is 0.0161. The van der Waals surface area contributed by atoms with Crippen molar-refractivity contribution in [3.8, 4) is 0 Å². The average Bonchev–Trinajstić information content (AvgIpc) is 3.74. The van der Waals surface area contributed by atoms with Gasteiger partial charge in [0, 0.05) is 25.3 Å². The number of hydrogen-bond acceptors (Lipinski definition) is 14. The number of amides is 8. The summed E-state index contributed by atoms with van der Waals surface area (Å²) in [6, 6.07) is -1.21. The Morgan fingerprint density at radius 3 is 1.92 bits per heavy atom. The lowest BCUT2D eigenvalue weighted by Gasteiger charge is -2.30. The van der Waals surface area contributed by atoms with E-state index in [1.807, 2.05) is 0 Å². The third-order valence-corrected chi connectivity index (χ3v) is 10.1. The molecule has 1 aromatic carbocycles. The summed E-state index contributed by atoms with van der Waals surface area (Å²) in [6.45, 7) is -0.941. The Balaban J connectivity index is 2.28. The van der Waals surface area contributed by atoms with Crippen molar-refractivity contribution in [1.29, 1.82) is 0 Å². The van der Waals surface area contributed by atoms with Crippen molar-refractivity contribution in [3.63, 3.8) is 0 Å². The van der Waals surface area contributed by atoms with Gasteiger partial charge < -0.3 is 75.7 Å². The Labute approximate surface area is 369 Å². The molecule has 1 aliphatic rings. The maximum atomic E-state index is 14.0. The molecule has 0 saturated carbocycles. The van der Waals surface area contributed by atoms with Crippen LogP contribution in [0.3, 0.4) is 0 Å². The van der Waals surface area contributed by atoms with Gasteiger partial charge in [0.25, 0.3) is 0 Å². The largest absolute Gasteiger partial charge is 0.480 e. The maximum absolute atomic E-state index is 14.0. The van der Waals surface area contributed by atoms with Gasteiger partial charge in [0.2, 0.25) is 47.3 Å². The maximum Gasteiger partial charge on any atom is 0.326 e. The van der Waals surface area contributed by atoms with Gasteiger partial charge in [-0.25, -0.2) is 4.79 Å². The highest BCUT2D eigenvalue weighted by Crippen LogP contribution is 2.21. The lowest BCUT2D eigenvalue weighted by molar-refractivity contribution is -0.145. The van der Waals surface area contributed by atoms with Crippen LogP contribution in [-0.2, 0) is 49.6 Å². The number of carboxylic acid groups (broad SMARTS) is 1. The van der Waals surface area contributed by atoms with Crippen molar-refractivity contribution in [2.24, 2.45) is 33.7 Å². The number of likely N-dealkylation sites (tertiary alicyclic amines) is 1. The second-order valence-electron chi connectivity index (χ2n) is 14.6. The van der Waals surface area contributed by atoms with Gasteiger partial charge >= 0.3 is 5.97 Å². The number of nitrogens with one attached hydrogen (secondary N) is 6. The molecule has 63 heavy (non-hydrogen) atoms. The van der Waals surface area contributed by atoms with E-state index in [9.17, 15) is 53.4 Å². The van der Waals surface area contributed by atoms with Crippen LogP contribution in [-0.4, -0.2) is 155 Å². The molecule has 1 aromatic rings. The van der Waals surface area contributed by atoms with Crippen molar-refractivity contribution in [2.45, 2.75) is 100 Å². The van der Waals surface area contributed by atoms with E-state index in [1.165, 1.54) is 4.90 Å². The predicted octanol–water partition coefficient (Wildman–Crippen LogP) is -5.85. The second-order valence-corrected chi connectivity index (χ2v) is 15.0. The van der Waals surface area contributed by atoms with E-state index in [-0.39, 0.29) is 63.5 Å². The number of thiol groups is 1. The minimum atomic E-state index is -1.66. The minimum Gasteiger partial charge on any atom is -0.480 e. The van der Waals surface area contributed by atoms with Crippen LogP contribution in [0.1, 0.15) is 56.9 Å². The number of aliphatic hydroxyl groups is 1. The molecule has 0 radical (unpaired) electrons. The number of unbranched alkanes of at least 4 members (excludes halogenated alkanes) is 1. The highest BCUT2D eigenvalue weighted by atomic mass is 32.1. The van der Waals surface area contributed by atoms with E-state index in [1.54, 1.807) is 30.3 Å². The lowest BCUT2D eigenvalue weighted by Crippen LogP contribution is -2.61. The first kappa shape index (κ1) is 53.1. The van der Waals surface area contributed by atoms with Crippen molar-refractivity contribution in [3.05, 3.63) is 35.9 Å². The first-order valence-corrected chi connectivity index (χ1v) is 20.9. The number of aliphatic hydroxyl groups excluding tert-OH is 1. The Kier molecular flexibility index (Phi) is 23.4. The number of nitrogens with two attached hydrogens (primary N) is 5. The van der Waals surface area contributed by atoms with Crippen LogP contribution in [0, 0.1) is 0 Å². The van der Waals surface area contributed by atoms with E-state index in [2.05, 4.69) is 49.5 Å². The van der Waals surface area contributed by atoms with Gasteiger partial charge in [0.15, 0.2) is 5.96 Å². The zero-order valence-corrected chi connectivity index (χ0v) is 35.7. The van der Waals surface area contributed by atoms with E-state index < -0.39 is 115 Å². The van der Waals surface area contributed by atoms with Gasteiger partial charge in [0.05, 0.1) is 19.6 Å². The highest BCUT2D eigenvalue weighted by Gasteiger charge is 2.40. The summed E-state index contributed by atoms with van der Waals surface area (Å²) in [5.41, 5.74) is 27.4. The number of rotatable bonds is 28. The molecule has 0 aliphatic carbocycles. The molecule has 0 unspecified atom stereocenters. The van der Waals surface area contributed by atoms with Gasteiger partial charge in [-0.2, -0.15) is 12.6 Å². The molecule has 0 aromatic heterocycles. The van der Waals surface area contributed by atoms with Gasteiger partial charge in [0.1, 0.15) is 42.3 Å². The van der Waals surface area contributed by atoms with Crippen LogP contribution >= 0.6 is 12.6 Å². The summed E-state index contributed by atoms with van der Waals surface area (Å²) in [4.78, 5) is 122. The van der Waals surface area contributed by atoms with Crippen molar-refractivity contribution >= 4 is 71.8 Å². The number of carbonyl (C=O) groups excluding carboxylic acids is 8. The Morgan fingerprint density at radius 2 is 1.33 bits per heavy atom. The van der Waals surface area contributed by atoms with Crippen LogP contribution in [0.15, 0.2) is 35.3 Å². The molecule has 0 bridgehead atoms. The van der Waals surface area contributed by atoms with Gasteiger partial charge in [-0.05, 0) is 57.1 Å². The van der Waals surface area contributed by atoms with Crippen molar-refractivity contribution in [1.82, 2.24) is 36.8 Å². The number of primary amides is 1. The van der Waals surface area contributed by atoms with Gasteiger partial charge in [-0.1, -0.05) is 30.3 Å². The molecule has 1 saturated heterocycles. The Bertz CT molecular complexity index is 1770. The molecule has 18 N–H and O–H groups in total. The standard InChI is InChI=1S/C38H61N13O11S/c39-13-5-4-10-22(36(60)51-15-7-12-28(51)35(59)47-23(37(61)62)11-6-14-44-38(42)43)46-33(57)26(19-52)49-31(55)24(16-21-8-2-1-3-9-21)48-34(58)27(20-63)50-32(56)25(17-29(41)53)45-30(54)18-40/h1-3,8-9,22-28,52,63H,4-7,10-20,39-40H2,(H2,41,53)(H,45,54)(H,46,57)(H,47,59)(H,48,58)(H,49,55)(H,50,56)(H,61,62)(H4,42,43,44)/t22-,23-,24-,25-,26-,27-,28-/m0/s1. The second kappa shape index (κ2) is 27.8. The zero-order chi connectivity index (χ0) is 47.1. The fourth-order valence-electron chi connectivity index (χ4n) is 6.48. The highest BCUT2D eigenvalue weighted by molar-refractivity contribution is 7.80. The van der Waals surface area contributed by atoms with Gasteiger partial charge in [-0.3, -0.25) is 43.3 Å². The molecule has 0 spiro atoms. The molecule has 1 fully saturated rings. The number of carboxylic acids is 1. The normalized spacial score (nSPS) is 16.1. The van der Waals surface area contributed by atoms with Crippen molar-refractivity contribution in [2.75, 3.05) is 38.5 Å². The Hall–Kier alpha value is -6.05. The minimum absolute atomic E-state index is 0.00211. The first-order chi connectivity index (χ1) is 29.9. The molecule has 2 rings (SSSR count). The number of aliphatic imine (C=N–C) groups is 1. The summed E-state index contributed by atoms with van der Waals surface area (Å²) < 4.78 is 0. The summed E-state index contributed by atoms with van der Waals surface area (Å²) >= 11 is 4.14. The van der Waals surface area contributed by atoms with Crippen LogP contribution in [0.2, 0.25) is 0 Å². The number of nitrogens with zero attached hydrogens (tertiary/aromatic N) is 2. The summed E-state index contributed by atoms with van der Waals surface area (Å²) in [5, 5.41) is 34.6. The van der Waals surface area contributed by atoms with E-state index in [4.69, 9.17) is 28.7 Å². The predicted molar refractivity (Wildman–Crippen MR) is 231 cm³/mol. The molecule has 24 nitrogen and oxygen atoms in total. The summed E-state index contributed by atoms with van der Waals surface area (Å²) in [5.74, 6) is -8.67. The van der Waals surface area contributed by atoms with E-state index >= 15 is 0 Å². The number of aliphatic carboxylic acids is 1. The molecule has 25 heteroatoms. The topological polar surface area (TPSA) is 412 Å². The molecule has 8 amide bonds. The number of carbonyl (C=O) groups is 9. The fourth-order valence-corrected chi connectivity index (χ4v) is 6.74. The number of guanidine groups is 1. The molecule has 1 aliphatic heterocycles. The van der Waals surface area contributed by atoms with Crippen LogP contribution < -0.4 is 60.6 Å². The lowest BCUT2D eigenvalue weighted by atomic mass is 10.0. The molecule has 350 valence electrons. The van der Waals surface area contributed by atoms with E-state index in [0.717, 1.165) is 0 Å². The molecule has 1 heterocycles. The monoisotopic (exact) mass is 907 g/mol. The third-order valence-electron chi connectivity index (χ3n) is 9.75. The summed E-state index contributed by atoms with van der Waals surface area (Å²) in [6.07, 6.45) is 0.980. The SMILES string of the molecule is NCCCC[C@H](NC(=O)[C@H](CO)NC(=O)[C@H](Cc1ccccc1)NC(=O)[C@H](CS)NC(=O)[C@H](CC(N)=O)NC(=O)CN)C(=O)N1CCC[C@H]1C(=O)N[C@@H](CCCN=C(N)N)C(=O)O. The molecule has 7 atom stereocenters. The smallest absolute Gasteiger partial charge is 0.326 e. The van der Waals surface area contributed by atoms with Crippen LogP contribution in [0.4, 0.5) is 0 Å². The molecular weight excluding hydrogens is 847 g/mol. The average molecular weight is 908 g/mol. The zero-order valence-electron chi connectivity index (χ0n) is 34.8. The Morgan fingerprint density at radius 1 is 0.746 bits per heavy atom. The van der Waals surface area contributed by atoms with Crippen LogP contribution in [0.25, 0.3) is 0 Å². The number of benzene rings is 1. The molecular formula is C38H61N13O11S. The van der Waals surface area contributed by atoms with Gasteiger partial charge in [-0.15, -0.1) is 0 Å². The van der Waals surface area contributed by atoms with Crippen LogP contribution in [0.5, 0.6) is 0 Å².